The van der Waals surface area contributed by atoms with E-state index in [2.05, 4.69) is 0 Å². The van der Waals surface area contributed by atoms with E-state index >= 15 is 0 Å². The molecule has 6 heteroatoms. The topological polar surface area (TPSA) is 101 Å². The maximum Gasteiger partial charge on any atom is 0.306 e. The summed E-state index contributed by atoms with van der Waals surface area (Å²) in [6, 6.07) is -0.224. The highest BCUT2D eigenvalue weighted by Gasteiger charge is 2.35. The van der Waals surface area contributed by atoms with Crippen LogP contribution in [0, 0.1) is 11.8 Å². The zero-order valence-electron chi connectivity index (χ0n) is 16.8. The number of rotatable bonds is 13. The van der Waals surface area contributed by atoms with Crippen LogP contribution in [0.25, 0.3) is 0 Å². The van der Waals surface area contributed by atoms with Crippen molar-refractivity contribution in [2.45, 2.75) is 90.6 Å². The van der Waals surface area contributed by atoms with Gasteiger partial charge in [0, 0.05) is 12.6 Å². The van der Waals surface area contributed by atoms with Gasteiger partial charge >= 0.3 is 5.97 Å². The molecule has 0 aromatic carbocycles. The summed E-state index contributed by atoms with van der Waals surface area (Å²) in [5, 5.41) is 39.9. The summed E-state index contributed by atoms with van der Waals surface area (Å²) < 4.78 is 0. The van der Waals surface area contributed by atoms with Crippen molar-refractivity contribution in [2.24, 2.45) is 11.8 Å². The molecule has 0 aromatic heterocycles. The van der Waals surface area contributed by atoms with Crippen LogP contribution in [0.4, 0.5) is 0 Å². The molecule has 0 radical (unpaired) electrons. The number of hydrogen-bond acceptors (Lipinski definition) is 5. The fourth-order valence-corrected chi connectivity index (χ4v) is 3.35. The van der Waals surface area contributed by atoms with E-state index < -0.39 is 29.7 Å². The minimum atomic E-state index is -1.12. The molecule has 0 aliphatic carbocycles. The monoisotopic (exact) mass is 361 g/mol. The quantitative estimate of drug-likeness (QED) is 0.401. The first-order valence-electron chi connectivity index (χ1n) is 9.43. The Kier molecular flexibility index (Phi) is 10.8. The molecule has 0 fully saturated rings. The molecule has 5 unspecified atom stereocenters. The van der Waals surface area contributed by atoms with Crippen LogP contribution in [0.1, 0.15) is 66.7 Å². The van der Waals surface area contributed by atoms with Crippen LogP contribution in [-0.2, 0) is 4.79 Å². The summed E-state index contributed by atoms with van der Waals surface area (Å²) in [5.74, 6) is -1.07. The fraction of sp³-hybridized carbons (Fsp3) is 0.947. The molecule has 4 N–H and O–H groups in total. The van der Waals surface area contributed by atoms with Gasteiger partial charge in [-0.1, -0.05) is 27.2 Å². The molecule has 0 saturated heterocycles. The predicted octanol–water partition coefficient (Wildman–Crippen LogP) is 2.11. The van der Waals surface area contributed by atoms with Crippen molar-refractivity contribution in [1.29, 1.82) is 0 Å². The third-order valence-corrected chi connectivity index (χ3v) is 5.21. The summed E-state index contributed by atoms with van der Waals surface area (Å²) in [5.41, 5.74) is -1.12. The molecule has 0 bridgehead atoms. The summed E-state index contributed by atoms with van der Waals surface area (Å²) in [7, 11) is 1.87. The van der Waals surface area contributed by atoms with Gasteiger partial charge in [-0.3, -0.25) is 4.79 Å². The van der Waals surface area contributed by atoms with Crippen molar-refractivity contribution in [2.75, 3.05) is 13.6 Å². The highest BCUT2D eigenvalue weighted by Crippen LogP contribution is 2.22. The zero-order chi connectivity index (χ0) is 19.8. The minimum absolute atomic E-state index is 0.139. The normalized spacial score (nSPS) is 20.6. The van der Waals surface area contributed by atoms with Crippen molar-refractivity contribution < 1.29 is 25.2 Å². The maximum atomic E-state index is 10.9. The van der Waals surface area contributed by atoms with E-state index in [4.69, 9.17) is 5.11 Å². The lowest BCUT2D eigenvalue weighted by Crippen LogP contribution is -2.52. The molecular weight excluding hydrogens is 322 g/mol. The van der Waals surface area contributed by atoms with Gasteiger partial charge in [0.25, 0.3) is 0 Å². The van der Waals surface area contributed by atoms with Crippen molar-refractivity contribution in [3.05, 3.63) is 0 Å². The lowest BCUT2D eigenvalue weighted by Gasteiger charge is -2.37. The Bertz CT molecular complexity index is 388. The Hall–Kier alpha value is -0.690. The lowest BCUT2D eigenvalue weighted by molar-refractivity contribution is -0.141. The molecule has 25 heavy (non-hydrogen) atoms. The number of aliphatic carboxylic acids is 1. The van der Waals surface area contributed by atoms with E-state index in [1.165, 1.54) is 0 Å². The van der Waals surface area contributed by atoms with Crippen molar-refractivity contribution in [3.8, 4) is 0 Å². The van der Waals surface area contributed by atoms with E-state index in [1.807, 2.05) is 32.7 Å². The molecule has 0 aliphatic heterocycles. The molecule has 0 heterocycles. The summed E-state index contributed by atoms with van der Waals surface area (Å²) in [6.45, 7) is 9.75. The summed E-state index contributed by atoms with van der Waals surface area (Å²) in [6.07, 6.45) is 1.65. The summed E-state index contributed by atoms with van der Waals surface area (Å²) >= 11 is 0. The number of aliphatic hydroxyl groups is 3. The second-order valence-corrected chi connectivity index (χ2v) is 8.03. The van der Waals surface area contributed by atoms with Gasteiger partial charge in [-0.15, -0.1) is 0 Å². The fourth-order valence-electron chi connectivity index (χ4n) is 3.35. The maximum absolute atomic E-state index is 10.9. The van der Waals surface area contributed by atoms with Crippen molar-refractivity contribution in [1.82, 2.24) is 4.90 Å². The SMILES string of the molecule is CCCC(C)(O)C(O)C(C)N(C)CCC(O)C[C@@H](C)CC(C)C(=O)O. The molecule has 0 aromatic rings. The number of carboxylic acid groups (broad SMARTS) is 1. The number of carboxylic acids is 1. The third kappa shape index (κ3) is 8.99. The van der Waals surface area contributed by atoms with Crippen LogP contribution >= 0.6 is 0 Å². The van der Waals surface area contributed by atoms with Crippen molar-refractivity contribution >= 4 is 5.97 Å². The van der Waals surface area contributed by atoms with Gasteiger partial charge in [0.05, 0.1) is 23.7 Å². The van der Waals surface area contributed by atoms with Gasteiger partial charge in [-0.05, 0) is 52.5 Å². The lowest BCUT2D eigenvalue weighted by atomic mass is 9.88. The zero-order valence-corrected chi connectivity index (χ0v) is 16.8. The average Bonchev–Trinajstić information content (AvgIpc) is 2.50. The minimum Gasteiger partial charge on any atom is -0.481 e. The third-order valence-electron chi connectivity index (χ3n) is 5.21. The van der Waals surface area contributed by atoms with Crippen LogP contribution in [0.3, 0.4) is 0 Å². The van der Waals surface area contributed by atoms with Crippen LogP contribution in [0.5, 0.6) is 0 Å². The predicted molar refractivity (Wildman–Crippen MR) is 99.5 cm³/mol. The molecule has 0 amide bonds. The Morgan fingerprint density at radius 3 is 2.20 bits per heavy atom. The highest BCUT2D eigenvalue weighted by atomic mass is 16.4. The average molecular weight is 362 g/mol. The smallest absolute Gasteiger partial charge is 0.306 e. The molecule has 0 aliphatic rings. The van der Waals surface area contributed by atoms with E-state index in [1.54, 1.807) is 13.8 Å². The van der Waals surface area contributed by atoms with Crippen LogP contribution < -0.4 is 0 Å². The molecule has 6 nitrogen and oxygen atoms in total. The Morgan fingerprint density at radius 1 is 1.16 bits per heavy atom. The molecule has 0 saturated carbocycles. The van der Waals surface area contributed by atoms with E-state index in [-0.39, 0.29) is 12.0 Å². The number of carbonyl (C=O) groups is 1. The standard InChI is InChI=1S/C19H39NO5/c1-7-9-19(5,25)17(22)15(4)20(6)10-8-16(21)12-13(2)11-14(3)18(23)24/h13-17,21-22,25H,7-12H2,1-6H3,(H,23,24)/t13-,14?,15?,16?,17?,19?/m0/s1. The molecule has 150 valence electrons. The number of nitrogens with zero attached hydrogens (tertiary/aromatic N) is 1. The van der Waals surface area contributed by atoms with E-state index in [9.17, 15) is 20.1 Å². The second-order valence-electron chi connectivity index (χ2n) is 8.03. The number of aliphatic hydroxyl groups excluding tert-OH is 2. The van der Waals surface area contributed by atoms with Crippen molar-refractivity contribution in [3.63, 3.8) is 0 Å². The summed E-state index contributed by atoms with van der Waals surface area (Å²) in [4.78, 5) is 12.8. The Labute approximate surface area is 152 Å². The van der Waals surface area contributed by atoms with Gasteiger partial charge in [0.15, 0.2) is 0 Å². The largest absolute Gasteiger partial charge is 0.481 e. The number of hydrogen-bond donors (Lipinski definition) is 4. The highest BCUT2D eigenvalue weighted by molar-refractivity contribution is 5.69. The Morgan fingerprint density at radius 2 is 1.72 bits per heavy atom. The number of likely N-dealkylation sites (N-methyl/N-ethyl adjacent to an activating group) is 1. The Balaban J connectivity index is 4.34. The first kappa shape index (κ1) is 24.3. The second kappa shape index (κ2) is 11.1. The molecule has 0 spiro atoms. The van der Waals surface area contributed by atoms with Gasteiger partial charge in [-0.25, -0.2) is 0 Å². The van der Waals surface area contributed by atoms with Crippen LogP contribution in [0.15, 0.2) is 0 Å². The van der Waals surface area contributed by atoms with Gasteiger partial charge in [-0.2, -0.15) is 0 Å². The van der Waals surface area contributed by atoms with E-state index in [0.717, 1.165) is 6.42 Å². The molecule has 0 rings (SSSR count). The molecular formula is C19H39NO5. The van der Waals surface area contributed by atoms with Gasteiger partial charge in [0.2, 0.25) is 0 Å². The molecule has 6 atom stereocenters. The van der Waals surface area contributed by atoms with Crippen LogP contribution in [-0.4, -0.2) is 68.7 Å². The van der Waals surface area contributed by atoms with Crippen LogP contribution in [0.2, 0.25) is 0 Å². The van der Waals surface area contributed by atoms with E-state index in [0.29, 0.717) is 32.2 Å². The van der Waals surface area contributed by atoms with Gasteiger partial charge < -0.3 is 25.3 Å². The first-order valence-corrected chi connectivity index (χ1v) is 9.43. The van der Waals surface area contributed by atoms with Gasteiger partial charge in [0.1, 0.15) is 0 Å². The first-order chi connectivity index (χ1) is 11.4.